The smallest absolute Gasteiger partial charge is 0.246 e. The van der Waals surface area contributed by atoms with Gasteiger partial charge >= 0.3 is 0 Å². The van der Waals surface area contributed by atoms with Crippen LogP contribution in [0, 0.1) is 0 Å². The molecule has 0 aromatic heterocycles. The fourth-order valence-corrected chi connectivity index (χ4v) is 1.64. The van der Waals surface area contributed by atoms with Gasteiger partial charge in [-0.05, 0) is 12.7 Å². The van der Waals surface area contributed by atoms with Crippen LogP contribution < -0.4 is 5.73 Å². The number of carbonyl (C=O) groups excluding carboxylic acids is 2. The Balaban J connectivity index is 2.56. The molecule has 1 unspecified atom stereocenters. The summed E-state index contributed by atoms with van der Waals surface area (Å²) in [5.74, 6) is 0.482. The second kappa shape index (κ2) is 4.62. The van der Waals surface area contributed by atoms with Gasteiger partial charge in [0.15, 0.2) is 0 Å². The maximum absolute atomic E-state index is 11.4. The molecule has 0 radical (unpaired) electrons. The number of piperidine rings is 1. The van der Waals surface area contributed by atoms with Gasteiger partial charge in [-0.15, -0.1) is 0 Å². The minimum Gasteiger partial charge on any atom is -0.320 e. The molecular formula is C8H14N2O2S. The summed E-state index contributed by atoms with van der Waals surface area (Å²) in [6, 6.07) is -0.473. The van der Waals surface area contributed by atoms with Gasteiger partial charge in [-0.2, -0.15) is 11.8 Å². The number of nitrogens with zero attached hydrogens (tertiary/aromatic N) is 1. The van der Waals surface area contributed by atoms with E-state index in [1.165, 1.54) is 4.90 Å². The molecular weight excluding hydrogens is 188 g/mol. The van der Waals surface area contributed by atoms with Crippen LogP contribution in [-0.2, 0) is 9.59 Å². The first-order valence-corrected chi connectivity index (χ1v) is 5.65. The predicted molar refractivity (Wildman–Crippen MR) is 52.3 cm³/mol. The lowest BCUT2D eigenvalue weighted by Gasteiger charge is -2.28. The summed E-state index contributed by atoms with van der Waals surface area (Å²) in [6.07, 6.45) is 2.84. The van der Waals surface area contributed by atoms with Crippen LogP contribution in [-0.4, -0.2) is 41.3 Å². The molecule has 1 atom stereocenters. The van der Waals surface area contributed by atoms with Gasteiger partial charge < -0.3 is 5.73 Å². The Bertz CT molecular complexity index is 220. The van der Waals surface area contributed by atoms with Crippen LogP contribution in [0.25, 0.3) is 0 Å². The molecule has 1 heterocycles. The van der Waals surface area contributed by atoms with Gasteiger partial charge in [0.2, 0.25) is 11.8 Å². The summed E-state index contributed by atoms with van der Waals surface area (Å²) >= 11 is 1.61. The van der Waals surface area contributed by atoms with Crippen molar-refractivity contribution in [2.24, 2.45) is 5.73 Å². The summed E-state index contributed by atoms with van der Waals surface area (Å²) in [4.78, 5) is 24.0. The number of rotatable bonds is 3. The first-order valence-electron chi connectivity index (χ1n) is 4.25. The van der Waals surface area contributed by atoms with Gasteiger partial charge in [0.1, 0.15) is 0 Å². The van der Waals surface area contributed by atoms with Crippen LogP contribution in [0.15, 0.2) is 0 Å². The van der Waals surface area contributed by atoms with Crippen molar-refractivity contribution in [2.45, 2.75) is 18.9 Å². The highest BCUT2D eigenvalue weighted by Crippen LogP contribution is 2.11. The number of likely N-dealkylation sites (tertiary alicyclic amines) is 1. The molecule has 1 fully saturated rings. The Morgan fingerprint density at radius 1 is 1.62 bits per heavy atom. The topological polar surface area (TPSA) is 63.4 Å². The normalized spacial score (nSPS) is 23.8. The largest absolute Gasteiger partial charge is 0.320 e. The van der Waals surface area contributed by atoms with Crippen LogP contribution in [0.2, 0.25) is 0 Å². The van der Waals surface area contributed by atoms with Crippen molar-refractivity contribution in [3.63, 3.8) is 0 Å². The molecule has 0 aliphatic carbocycles. The maximum atomic E-state index is 11.4. The molecule has 13 heavy (non-hydrogen) atoms. The van der Waals surface area contributed by atoms with Crippen molar-refractivity contribution in [3.05, 3.63) is 0 Å². The third-order valence-electron chi connectivity index (χ3n) is 2.07. The molecule has 0 saturated carbocycles. The van der Waals surface area contributed by atoms with Gasteiger partial charge in [0, 0.05) is 18.7 Å². The highest BCUT2D eigenvalue weighted by molar-refractivity contribution is 7.98. The lowest BCUT2D eigenvalue weighted by molar-refractivity contribution is -0.148. The van der Waals surface area contributed by atoms with E-state index in [0.29, 0.717) is 19.4 Å². The van der Waals surface area contributed by atoms with Gasteiger partial charge in [0.25, 0.3) is 0 Å². The summed E-state index contributed by atoms with van der Waals surface area (Å²) in [7, 11) is 0. The number of carbonyl (C=O) groups is 2. The Morgan fingerprint density at radius 2 is 2.31 bits per heavy atom. The van der Waals surface area contributed by atoms with Crippen molar-refractivity contribution in [2.75, 3.05) is 18.6 Å². The zero-order valence-electron chi connectivity index (χ0n) is 7.66. The van der Waals surface area contributed by atoms with Gasteiger partial charge in [-0.1, -0.05) is 0 Å². The molecule has 4 nitrogen and oxygen atoms in total. The maximum Gasteiger partial charge on any atom is 0.246 e. The number of hydrogen-bond donors (Lipinski definition) is 1. The molecule has 1 aliphatic rings. The van der Waals surface area contributed by atoms with Gasteiger partial charge in [-0.25, -0.2) is 0 Å². The van der Waals surface area contributed by atoms with Crippen LogP contribution >= 0.6 is 11.8 Å². The third-order valence-corrected chi connectivity index (χ3v) is 2.66. The van der Waals surface area contributed by atoms with Crippen molar-refractivity contribution in [1.82, 2.24) is 4.90 Å². The summed E-state index contributed by atoms with van der Waals surface area (Å²) in [6.45, 7) is 0.493. The van der Waals surface area contributed by atoms with E-state index in [2.05, 4.69) is 0 Å². The predicted octanol–water partition coefficient (Wildman–Crippen LogP) is -0.174. The van der Waals surface area contributed by atoms with Crippen LogP contribution in [0.5, 0.6) is 0 Å². The average Bonchev–Trinajstić information content (AvgIpc) is 2.12. The first kappa shape index (κ1) is 10.5. The van der Waals surface area contributed by atoms with E-state index in [9.17, 15) is 9.59 Å². The Hall–Kier alpha value is -0.550. The van der Waals surface area contributed by atoms with Gasteiger partial charge in [-0.3, -0.25) is 14.5 Å². The molecule has 0 aromatic rings. The fourth-order valence-electron chi connectivity index (χ4n) is 1.28. The minimum absolute atomic E-state index is 0.0826. The first-order chi connectivity index (χ1) is 6.16. The number of imide groups is 1. The van der Waals surface area contributed by atoms with E-state index >= 15 is 0 Å². The molecule has 2 N–H and O–H groups in total. The van der Waals surface area contributed by atoms with E-state index in [1.807, 2.05) is 6.26 Å². The molecule has 1 rings (SSSR count). The van der Waals surface area contributed by atoms with Crippen molar-refractivity contribution >= 4 is 23.6 Å². The van der Waals surface area contributed by atoms with Crippen LogP contribution in [0.4, 0.5) is 0 Å². The second-order valence-corrected chi connectivity index (χ2v) is 4.01. The molecule has 1 aliphatic heterocycles. The lowest BCUT2D eigenvalue weighted by Crippen LogP contribution is -2.51. The fraction of sp³-hybridized carbons (Fsp3) is 0.750. The molecule has 2 amide bonds. The number of thioether (sulfide) groups is 1. The van der Waals surface area contributed by atoms with E-state index in [0.717, 1.165) is 5.75 Å². The number of amides is 2. The number of nitrogens with two attached hydrogens (primary N) is 1. The number of hydrogen-bond acceptors (Lipinski definition) is 4. The Labute approximate surface area is 81.8 Å². The van der Waals surface area contributed by atoms with Crippen molar-refractivity contribution < 1.29 is 9.59 Å². The van der Waals surface area contributed by atoms with Crippen LogP contribution in [0.1, 0.15) is 12.8 Å². The second-order valence-electron chi connectivity index (χ2n) is 3.02. The summed E-state index contributed by atoms with van der Waals surface area (Å²) in [5, 5.41) is 0. The molecule has 0 aromatic carbocycles. The Kier molecular flexibility index (Phi) is 3.74. The van der Waals surface area contributed by atoms with E-state index in [4.69, 9.17) is 5.73 Å². The lowest BCUT2D eigenvalue weighted by atomic mass is 10.1. The standard InChI is InChI=1S/C8H14N2O2S/c1-13-5-4-10-7(11)3-2-6(9)8(10)12/h6H,2-5,9H2,1H3. The quantitative estimate of drug-likeness (QED) is 0.645. The highest BCUT2D eigenvalue weighted by Gasteiger charge is 2.31. The van der Waals surface area contributed by atoms with Gasteiger partial charge in [0.05, 0.1) is 6.04 Å². The van der Waals surface area contributed by atoms with E-state index in [1.54, 1.807) is 11.8 Å². The zero-order valence-corrected chi connectivity index (χ0v) is 8.47. The van der Waals surface area contributed by atoms with E-state index in [-0.39, 0.29) is 11.8 Å². The van der Waals surface area contributed by atoms with Crippen molar-refractivity contribution in [3.8, 4) is 0 Å². The molecule has 1 saturated heterocycles. The summed E-state index contributed by atoms with van der Waals surface area (Å²) in [5.41, 5.74) is 5.55. The molecule has 5 heteroatoms. The zero-order chi connectivity index (χ0) is 9.84. The minimum atomic E-state index is -0.473. The molecule has 0 spiro atoms. The van der Waals surface area contributed by atoms with Crippen molar-refractivity contribution in [1.29, 1.82) is 0 Å². The summed E-state index contributed by atoms with van der Waals surface area (Å²) < 4.78 is 0. The molecule has 0 bridgehead atoms. The molecule has 74 valence electrons. The Morgan fingerprint density at radius 3 is 2.92 bits per heavy atom. The van der Waals surface area contributed by atoms with E-state index < -0.39 is 6.04 Å². The average molecular weight is 202 g/mol. The monoisotopic (exact) mass is 202 g/mol. The third kappa shape index (κ3) is 2.45. The van der Waals surface area contributed by atoms with Crippen LogP contribution in [0.3, 0.4) is 0 Å². The SMILES string of the molecule is CSCCN1C(=O)CCC(N)C1=O. The highest BCUT2D eigenvalue weighted by atomic mass is 32.2.